The Hall–Kier alpha value is -2.41. The quantitative estimate of drug-likeness (QED) is 0.633. The fraction of sp³-hybridized carbons (Fsp3) is 0.435. The van der Waals surface area contributed by atoms with Crippen LogP contribution in [-0.2, 0) is 22.6 Å². The first-order chi connectivity index (χ1) is 14.2. The standard InChI is InChI=1S/C23H29N3O3/c1-18-4-3-11-26-15-20(25-22(18)26)16-29-21-7-5-19(6-8-21)14-24-17-23(27-2)9-12-28-13-10-23/h3-8,11,15,24H,9-10,12-14,16-17H2,1-2H3. The summed E-state index contributed by atoms with van der Waals surface area (Å²) < 4.78 is 19.2. The number of aryl methyl sites for hydroxylation is 1. The van der Waals surface area contributed by atoms with E-state index in [9.17, 15) is 0 Å². The first kappa shape index (κ1) is 19.9. The van der Waals surface area contributed by atoms with Gasteiger partial charge >= 0.3 is 0 Å². The Labute approximate surface area is 171 Å². The second-order valence-electron chi connectivity index (χ2n) is 7.69. The van der Waals surface area contributed by atoms with Crippen LogP contribution in [0.15, 0.2) is 48.8 Å². The molecule has 6 heteroatoms. The highest BCUT2D eigenvalue weighted by Gasteiger charge is 2.31. The number of ether oxygens (including phenoxy) is 3. The molecule has 4 rings (SSSR count). The van der Waals surface area contributed by atoms with Gasteiger partial charge in [-0.1, -0.05) is 18.2 Å². The SMILES string of the molecule is COC1(CNCc2ccc(OCc3cn4cccc(C)c4n3)cc2)CCOCC1. The Morgan fingerprint density at radius 1 is 1.17 bits per heavy atom. The third-order valence-electron chi connectivity index (χ3n) is 5.65. The molecule has 1 aliphatic rings. The number of rotatable bonds is 8. The minimum absolute atomic E-state index is 0.103. The molecule has 0 unspecified atom stereocenters. The minimum Gasteiger partial charge on any atom is -0.487 e. The van der Waals surface area contributed by atoms with Gasteiger partial charge in [0.25, 0.3) is 0 Å². The van der Waals surface area contributed by atoms with E-state index in [0.29, 0.717) is 6.61 Å². The number of nitrogens with zero attached hydrogens (tertiary/aromatic N) is 2. The van der Waals surface area contributed by atoms with Crippen molar-refractivity contribution in [2.75, 3.05) is 26.9 Å². The maximum atomic E-state index is 5.92. The number of imidazole rings is 1. The van der Waals surface area contributed by atoms with E-state index in [0.717, 1.165) is 61.8 Å². The Balaban J connectivity index is 1.28. The van der Waals surface area contributed by atoms with Crippen molar-refractivity contribution in [1.82, 2.24) is 14.7 Å². The van der Waals surface area contributed by atoms with E-state index in [1.54, 1.807) is 7.11 Å². The highest BCUT2D eigenvalue weighted by atomic mass is 16.5. The minimum atomic E-state index is -0.103. The van der Waals surface area contributed by atoms with Gasteiger partial charge in [0.2, 0.25) is 0 Å². The van der Waals surface area contributed by atoms with Crippen LogP contribution in [0.1, 0.15) is 29.7 Å². The van der Waals surface area contributed by atoms with Gasteiger partial charge in [-0.2, -0.15) is 0 Å². The molecule has 0 bridgehead atoms. The Kier molecular flexibility index (Phi) is 6.13. The number of nitrogens with one attached hydrogen (secondary N) is 1. The van der Waals surface area contributed by atoms with E-state index in [1.807, 2.05) is 35.0 Å². The summed E-state index contributed by atoms with van der Waals surface area (Å²) in [6, 6.07) is 12.3. The summed E-state index contributed by atoms with van der Waals surface area (Å²) in [6.07, 6.45) is 5.90. The molecule has 1 fully saturated rings. The zero-order valence-electron chi connectivity index (χ0n) is 17.2. The van der Waals surface area contributed by atoms with Crippen molar-refractivity contribution in [2.24, 2.45) is 0 Å². The smallest absolute Gasteiger partial charge is 0.140 e. The second kappa shape index (κ2) is 8.95. The zero-order chi connectivity index (χ0) is 20.1. The predicted molar refractivity (Wildman–Crippen MR) is 112 cm³/mol. The molecule has 0 atom stereocenters. The maximum Gasteiger partial charge on any atom is 0.140 e. The third-order valence-corrected chi connectivity index (χ3v) is 5.65. The van der Waals surface area contributed by atoms with Crippen molar-refractivity contribution in [3.8, 4) is 5.75 Å². The Bertz CT molecular complexity index is 930. The van der Waals surface area contributed by atoms with Crippen LogP contribution < -0.4 is 10.1 Å². The van der Waals surface area contributed by atoms with Gasteiger partial charge in [-0.15, -0.1) is 0 Å². The molecule has 0 amide bonds. The van der Waals surface area contributed by atoms with Crippen molar-refractivity contribution in [3.05, 3.63) is 65.6 Å². The molecule has 0 aliphatic carbocycles. The van der Waals surface area contributed by atoms with Crippen LogP contribution in [0.5, 0.6) is 5.75 Å². The molecule has 29 heavy (non-hydrogen) atoms. The molecule has 0 spiro atoms. The summed E-state index contributed by atoms with van der Waals surface area (Å²) in [5.74, 6) is 0.848. The molecule has 6 nitrogen and oxygen atoms in total. The topological polar surface area (TPSA) is 57.0 Å². The third kappa shape index (κ3) is 4.78. The fourth-order valence-corrected chi connectivity index (χ4v) is 3.77. The Morgan fingerprint density at radius 2 is 1.97 bits per heavy atom. The van der Waals surface area contributed by atoms with E-state index in [2.05, 4.69) is 35.4 Å². The van der Waals surface area contributed by atoms with Crippen molar-refractivity contribution < 1.29 is 14.2 Å². The lowest BCUT2D eigenvalue weighted by Gasteiger charge is -2.36. The molecule has 154 valence electrons. The van der Waals surface area contributed by atoms with Crippen LogP contribution in [0.4, 0.5) is 0 Å². The molecule has 0 radical (unpaired) electrons. The van der Waals surface area contributed by atoms with E-state index in [-0.39, 0.29) is 5.60 Å². The molecule has 3 aromatic rings. The molecule has 1 saturated heterocycles. The molecule has 1 N–H and O–H groups in total. The second-order valence-corrected chi connectivity index (χ2v) is 7.69. The van der Waals surface area contributed by atoms with Crippen LogP contribution >= 0.6 is 0 Å². The summed E-state index contributed by atoms with van der Waals surface area (Å²) in [5.41, 5.74) is 4.18. The Morgan fingerprint density at radius 3 is 2.69 bits per heavy atom. The van der Waals surface area contributed by atoms with Crippen molar-refractivity contribution in [3.63, 3.8) is 0 Å². The van der Waals surface area contributed by atoms with Crippen molar-refractivity contribution in [2.45, 2.75) is 38.5 Å². The van der Waals surface area contributed by atoms with E-state index in [1.165, 1.54) is 5.56 Å². The normalized spacial score (nSPS) is 16.2. The van der Waals surface area contributed by atoms with Crippen LogP contribution in [-0.4, -0.2) is 41.9 Å². The number of benzene rings is 1. The highest BCUT2D eigenvalue weighted by Crippen LogP contribution is 2.23. The lowest BCUT2D eigenvalue weighted by atomic mass is 9.94. The van der Waals surface area contributed by atoms with Crippen molar-refractivity contribution >= 4 is 5.65 Å². The van der Waals surface area contributed by atoms with Gasteiger partial charge in [0.05, 0.1) is 11.3 Å². The average molecular weight is 396 g/mol. The number of aromatic nitrogens is 2. The number of hydrogen-bond acceptors (Lipinski definition) is 5. The first-order valence-electron chi connectivity index (χ1n) is 10.2. The lowest BCUT2D eigenvalue weighted by molar-refractivity contribution is -0.0877. The number of fused-ring (bicyclic) bond motifs is 1. The largest absolute Gasteiger partial charge is 0.487 e. The van der Waals surface area contributed by atoms with Gasteiger partial charge in [0.15, 0.2) is 0 Å². The zero-order valence-corrected chi connectivity index (χ0v) is 17.2. The van der Waals surface area contributed by atoms with E-state index in [4.69, 9.17) is 14.2 Å². The molecule has 1 aliphatic heterocycles. The summed E-state index contributed by atoms with van der Waals surface area (Å²) >= 11 is 0. The van der Waals surface area contributed by atoms with Gasteiger partial charge in [-0.25, -0.2) is 4.98 Å². The van der Waals surface area contributed by atoms with Gasteiger partial charge in [0, 0.05) is 58.6 Å². The summed E-state index contributed by atoms with van der Waals surface area (Å²) in [6.45, 7) is 5.70. The molecule has 2 aromatic heterocycles. The molecular weight excluding hydrogens is 366 g/mol. The van der Waals surface area contributed by atoms with E-state index >= 15 is 0 Å². The highest BCUT2D eigenvalue weighted by molar-refractivity contribution is 5.47. The van der Waals surface area contributed by atoms with Gasteiger partial charge in [0.1, 0.15) is 18.0 Å². The van der Waals surface area contributed by atoms with Crippen LogP contribution in [0.25, 0.3) is 5.65 Å². The molecule has 0 saturated carbocycles. The summed E-state index contributed by atoms with van der Waals surface area (Å²) in [4.78, 5) is 4.65. The number of hydrogen-bond donors (Lipinski definition) is 1. The van der Waals surface area contributed by atoms with Crippen LogP contribution in [0, 0.1) is 6.92 Å². The van der Waals surface area contributed by atoms with Crippen LogP contribution in [0.3, 0.4) is 0 Å². The lowest BCUT2D eigenvalue weighted by Crippen LogP contribution is -2.46. The maximum absolute atomic E-state index is 5.92. The van der Waals surface area contributed by atoms with Crippen LogP contribution in [0.2, 0.25) is 0 Å². The molecular formula is C23H29N3O3. The fourth-order valence-electron chi connectivity index (χ4n) is 3.77. The molecule has 3 heterocycles. The average Bonchev–Trinajstić information content (AvgIpc) is 3.18. The number of methoxy groups -OCH3 is 1. The van der Waals surface area contributed by atoms with Gasteiger partial charge in [-0.3, -0.25) is 0 Å². The van der Waals surface area contributed by atoms with Gasteiger partial charge < -0.3 is 23.9 Å². The predicted octanol–water partition coefficient (Wildman–Crippen LogP) is 3.51. The molecule has 1 aromatic carbocycles. The van der Waals surface area contributed by atoms with Gasteiger partial charge in [-0.05, 0) is 36.2 Å². The van der Waals surface area contributed by atoms with E-state index < -0.39 is 0 Å². The summed E-state index contributed by atoms with van der Waals surface area (Å²) in [5, 5.41) is 3.53. The number of pyridine rings is 1. The monoisotopic (exact) mass is 395 g/mol. The first-order valence-corrected chi connectivity index (χ1v) is 10.2. The summed E-state index contributed by atoms with van der Waals surface area (Å²) in [7, 11) is 1.80. The van der Waals surface area contributed by atoms with Crippen molar-refractivity contribution in [1.29, 1.82) is 0 Å².